The number of hydrogen-bond acceptors (Lipinski definition) is 0. The zero-order valence-electron chi connectivity index (χ0n) is 7.60. The normalized spacial score (nSPS) is 10.9. The summed E-state index contributed by atoms with van der Waals surface area (Å²) in [6, 6.07) is 4.86. The third-order valence-corrected chi connectivity index (χ3v) is 2.25. The van der Waals surface area contributed by atoms with E-state index in [2.05, 4.69) is 11.9 Å². The van der Waals surface area contributed by atoms with Crippen molar-refractivity contribution in [3.63, 3.8) is 0 Å². The molecule has 2 heteroatoms. The number of aryl methyl sites for hydroxylation is 1. The number of nitrogens with one attached hydrogen (secondary N) is 1. The van der Waals surface area contributed by atoms with Crippen LogP contribution in [-0.2, 0) is 6.42 Å². The van der Waals surface area contributed by atoms with Crippen LogP contribution in [0.4, 0.5) is 4.39 Å². The van der Waals surface area contributed by atoms with Crippen LogP contribution in [-0.4, -0.2) is 4.98 Å². The fraction of sp³-hybridized carbons (Fsp3) is 0.273. The second-order valence-corrected chi connectivity index (χ2v) is 3.25. The molecule has 0 saturated heterocycles. The number of aromatic nitrogens is 1. The zero-order chi connectivity index (χ0) is 9.26. The minimum atomic E-state index is -0.163. The maximum Gasteiger partial charge on any atom is 0.123 e. The van der Waals surface area contributed by atoms with Crippen LogP contribution in [0.5, 0.6) is 0 Å². The molecule has 0 fully saturated rings. The quantitative estimate of drug-likeness (QED) is 0.726. The number of fused-ring (bicyclic) bond motifs is 1. The molecule has 0 unspecified atom stereocenters. The lowest BCUT2D eigenvalue weighted by Gasteiger charge is -1.95. The van der Waals surface area contributed by atoms with Crippen molar-refractivity contribution in [2.24, 2.45) is 0 Å². The van der Waals surface area contributed by atoms with Gasteiger partial charge >= 0.3 is 0 Å². The highest BCUT2D eigenvalue weighted by Crippen LogP contribution is 2.20. The van der Waals surface area contributed by atoms with Gasteiger partial charge in [0.15, 0.2) is 0 Å². The Labute approximate surface area is 78.1 Å². The van der Waals surface area contributed by atoms with E-state index >= 15 is 0 Å². The first-order valence-corrected chi connectivity index (χ1v) is 4.57. The number of halogens is 1. The van der Waals surface area contributed by atoms with Gasteiger partial charge in [-0.2, -0.15) is 0 Å². The molecular formula is C11H14FN. The Morgan fingerprint density at radius 1 is 1.46 bits per heavy atom. The molecule has 0 aliphatic heterocycles. The van der Waals surface area contributed by atoms with E-state index in [0.29, 0.717) is 0 Å². The van der Waals surface area contributed by atoms with Crippen LogP contribution >= 0.6 is 0 Å². The van der Waals surface area contributed by atoms with E-state index in [0.717, 1.165) is 23.7 Å². The lowest BCUT2D eigenvalue weighted by atomic mass is 10.1. The van der Waals surface area contributed by atoms with Gasteiger partial charge in [0.1, 0.15) is 5.82 Å². The third kappa shape index (κ3) is 1.44. The predicted octanol–water partition coefficient (Wildman–Crippen LogP) is 3.51. The Morgan fingerprint density at radius 2 is 2.31 bits per heavy atom. The monoisotopic (exact) mass is 179 g/mol. The van der Waals surface area contributed by atoms with Gasteiger partial charge in [-0.3, -0.25) is 0 Å². The SMILES string of the molecule is CCCc1c[nH]c2ccc(F)cc12.[HH]. The van der Waals surface area contributed by atoms with Crippen molar-refractivity contribution < 1.29 is 5.82 Å². The Hall–Kier alpha value is -1.31. The Balaban J connectivity index is 0.000000980. The molecule has 1 aromatic carbocycles. The van der Waals surface area contributed by atoms with Crippen molar-refractivity contribution >= 4 is 10.9 Å². The molecule has 0 saturated carbocycles. The highest BCUT2D eigenvalue weighted by atomic mass is 19.1. The van der Waals surface area contributed by atoms with E-state index < -0.39 is 0 Å². The average Bonchev–Trinajstić information content (AvgIpc) is 2.49. The largest absolute Gasteiger partial charge is 0.361 e. The lowest BCUT2D eigenvalue weighted by Crippen LogP contribution is -1.80. The maximum absolute atomic E-state index is 12.9. The van der Waals surface area contributed by atoms with Gasteiger partial charge in [0.05, 0.1) is 0 Å². The third-order valence-electron chi connectivity index (χ3n) is 2.25. The molecule has 0 spiro atoms. The maximum atomic E-state index is 12.9. The summed E-state index contributed by atoms with van der Waals surface area (Å²) in [6.45, 7) is 2.12. The number of hydrogen-bond donors (Lipinski definition) is 1. The summed E-state index contributed by atoms with van der Waals surface area (Å²) in [4.78, 5) is 3.13. The second kappa shape index (κ2) is 3.21. The molecule has 0 bridgehead atoms. The molecule has 13 heavy (non-hydrogen) atoms. The molecule has 0 aliphatic rings. The second-order valence-electron chi connectivity index (χ2n) is 3.25. The number of H-pyrrole nitrogens is 1. The van der Waals surface area contributed by atoms with Crippen molar-refractivity contribution in [3.8, 4) is 0 Å². The summed E-state index contributed by atoms with van der Waals surface area (Å²) in [6.07, 6.45) is 4.06. The van der Waals surface area contributed by atoms with E-state index in [1.807, 2.05) is 6.20 Å². The lowest BCUT2D eigenvalue weighted by molar-refractivity contribution is 0.629. The van der Waals surface area contributed by atoms with Gasteiger partial charge in [-0.05, 0) is 30.2 Å². The van der Waals surface area contributed by atoms with Gasteiger partial charge in [0.2, 0.25) is 0 Å². The fourth-order valence-corrected chi connectivity index (χ4v) is 1.63. The Kier molecular flexibility index (Phi) is 2.05. The molecule has 0 radical (unpaired) electrons. The van der Waals surface area contributed by atoms with Crippen molar-refractivity contribution in [2.45, 2.75) is 19.8 Å². The zero-order valence-corrected chi connectivity index (χ0v) is 7.60. The number of benzene rings is 1. The smallest absolute Gasteiger partial charge is 0.123 e. The van der Waals surface area contributed by atoms with Crippen LogP contribution in [0.1, 0.15) is 20.3 Å². The standard InChI is InChI=1S/C11H12FN.H2/c1-2-3-8-7-13-11-5-4-9(12)6-10(8)11;/h4-7,13H,2-3H2,1H3;1H. The Morgan fingerprint density at radius 3 is 3.08 bits per heavy atom. The topological polar surface area (TPSA) is 15.8 Å². The van der Waals surface area contributed by atoms with Crippen molar-refractivity contribution in [1.29, 1.82) is 0 Å². The highest BCUT2D eigenvalue weighted by molar-refractivity contribution is 5.83. The van der Waals surface area contributed by atoms with E-state index in [4.69, 9.17) is 0 Å². The summed E-state index contributed by atoms with van der Waals surface area (Å²) in [5, 5.41) is 1.02. The molecule has 0 atom stereocenters. The van der Waals surface area contributed by atoms with E-state index in [9.17, 15) is 4.39 Å². The van der Waals surface area contributed by atoms with Gasteiger partial charge in [0.25, 0.3) is 0 Å². The highest BCUT2D eigenvalue weighted by Gasteiger charge is 2.02. The van der Waals surface area contributed by atoms with Crippen LogP contribution in [0.3, 0.4) is 0 Å². The summed E-state index contributed by atoms with van der Waals surface area (Å²) in [5.41, 5.74) is 2.22. The molecular weight excluding hydrogens is 165 g/mol. The summed E-state index contributed by atoms with van der Waals surface area (Å²) in [5.74, 6) is -0.163. The van der Waals surface area contributed by atoms with Crippen LogP contribution in [0, 0.1) is 5.82 Å². The number of rotatable bonds is 2. The van der Waals surface area contributed by atoms with Crippen LogP contribution in [0.15, 0.2) is 24.4 Å². The van der Waals surface area contributed by atoms with Crippen LogP contribution in [0.2, 0.25) is 0 Å². The summed E-state index contributed by atoms with van der Waals surface area (Å²) in [7, 11) is 0. The molecule has 1 N–H and O–H groups in total. The van der Waals surface area contributed by atoms with Crippen molar-refractivity contribution in [3.05, 3.63) is 35.8 Å². The summed E-state index contributed by atoms with van der Waals surface area (Å²) >= 11 is 0. The van der Waals surface area contributed by atoms with Gasteiger partial charge in [-0.1, -0.05) is 13.3 Å². The predicted molar refractivity (Wildman–Crippen MR) is 54.4 cm³/mol. The van der Waals surface area contributed by atoms with Crippen molar-refractivity contribution in [2.75, 3.05) is 0 Å². The van der Waals surface area contributed by atoms with Gasteiger partial charge < -0.3 is 4.98 Å². The van der Waals surface area contributed by atoms with E-state index in [-0.39, 0.29) is 7.24 Å². The first-order chi connectivity index (χ1) is 6.31. The molecule has 70 valence electrons. The van der Waals surface area contributed by atoms with Crippen LogP contribution in [0.25, 0.3) is 10.9 Å². The van der Waals surface area contributed by atoms with E-state index in [1.165, 1.54) is 11.6 Å². The van der Waals surface area contributed by atoms with Gasteiger partial charge in [-0.15, -0.1) is 0 Å². The molecule has 1 heterocycles. The first kappa shape index (κ1) is 8.30. The Bertz CT molecular complexity index is 422. The number of aromatic amines is 1. The first-order valence-electron chi connectivity index (χ1n) is 4.57. The van der Waals surface area contributed by atoms with E-state index in [1.54, 1.807) is 12.1 Å². The van der Waals surface area contributed by atoms with Gasteiger partial charge in [0, 0.05) is 18.5 Å². The van der Waals surface area contributed by atoms with Crippen molar-refractivity contribution in [1.82, 2.24) is 4.98 Å². The molecule has 2 rings (SSSR count). The van der Waals surface area contributed by atoms with Gasteiger partial charge in [-0.25, -0.2) is 4.39 Å². The molecule has 0 aliphatic carbocycles. The molecule has 2 aromatic rings. The molecule has 0 amide bonds. The minimum Gasteiger partial charge on any atom is -0.361 e. The summed E-state index contributed by atoms with van der Waals surface area (Å²) < 4.78 is 12.9. The minimum absolute atomic E-state index is 0. The molecule has 1 nitrogen and oxygen atoms in total. The van der Waals surface area contributed by atoms with Crippen LogP contribution < -0.4 is 0 Å². The molecule has 1 aromatic heterocycles. The average molecular weight is 179 g/mol. The fourth-order valence-electron chi connectivity index (χ4n) is 1.63.